The first-order chi connectivity index (χ1) is 11.8. The minimum absolute atomic E-state index is 0.0596. The van der Waals surface area contributed by atoms with Crippen LogP contribution in [0.2, 0.25) is 0 Å². The molecule has 0 fully saturated rings. The van der Waals surface area contributed by atoms with Gasteiger partial charge in [0.05, 0.1) is 5.56 Å². The Morgan fingerprint density at radius 2 is 1.40 bits per heavy atom. The van der Waals surface area contributed by atoms with Gasteiger partial charge in [0, 0.05) is 30.5 Å². The molecule has 0 bridgehead atoms. The van der Waals surface area contributed by atoms with Gasteiger partial charge in [-0.2, -0.15) is 0 Å². The third-order valence-corrected chi connectivity index (χ3v) is 3.88. The van der Waals surface area contributed by atoms with E-state index in [-0.39, 0.29) is 17.2 Å². The third kappa shape index (κ3) is 5.41. The van der Waals surface area contributed by atoms with Crippen molar-refractivity contribution in [1.82, 2.24) is 15.6 Å². The monoisotopic (exact) mass is 339 g/mol. The Hall–Kier alpha value is -2.69. The van der Waals surface area contributed by atoms with Crippen LogP contribution in [0.3, 0.4) is 0 Å². The Kier molecular flexibility index (Phi) is 5.91. The summed E-state index contributed by atoms with van der Waals surface area (Å²) >= 11 is 0. The van der Waals surface area contributed by atoms with Gasteiger partial charge in [0.1, 0.15) is 0 Å². The molecule has 2 N–H and O–H groups in total. The van der Waals surface area contributed by atoms with Crippen molar-refractivity contribution in [2.75, 3.05) is 13.1 Å². The summed E-state index contributed by atoms with van der Waals surface area (Å²) in [5.41, 5.74) is 3.23. The minimum atomic E-state index is -0.198. The van der Waals surface area contributed by atoms with Crippen molar-refractivity contribution in [3.8, 4) is 0 Å². The molecule has 0 radical (unpaired) electrons. The molecule has 0 spiro atoms. The molecule has 5 heteroatoms. The molecule has 1 aromatic heterocycles. The van der Waals surface area contributed by atoms with E-state index in [1.54, 1.807) is 18.3 Å². The summed E-state index contributed by atoms with van der Waals surface area (Å²) < 4.78 is 0. The van der Waals surface area contributed by atoms with Crippen LogP contribution in [0, 0.1) is 6.92 Å². The molecule has 0 saturated carbocycles. The highest BCUT2D eigenvalue weighted by Crippen LogP contribution is 2.22. The van der Waals surface area contributed by atoms with Crippen molar-refractivity contribution in [1.29, 1.82) is 0 Å². The van der Waals surface area contributed by atoms with Crippen LogP contribution in [0.5, 0.6) is 0 Å². The summed E-state index contributed by atoms with van der Waals surface area (Å²) in [6.45, 7) is 8.99. The second kappa shape index (κ2) is 7.92. The maximum atomic E-state index is 12.1. The number of benzene rings is 1. The fourth-order valence-corrected chi connectivity index (χ4v) is 2.28. The number of hydrogen-bond donors (Lipinski definition) is 2. The first-order valence-corrected chi connectivity index (χ1v) is 8.37. The van der Waals surface area contributed by atoms with E-state index in [1.807, 2.05) is 31.2 Å². The van der Waals surface area contributed by atoms with Crippen LogP contribution < -0.4 is 10.6 Å². The maximum Gasteiger partial charge on any atom is 0.252 e. The van der Waals surface area contributed by atoms with Gasteiger partial charge in [0.2, 0.25) is 0 Å². The van der Waals surface area contributed by atoms with Gasteiger partial charge in [-0.15, -0.1) is 0 Å². The van der Waals surface area contributed by atoms with Crippen molar-refractivity contribution in [2.24, 2.45) is 0 Å². The fraction of sp³-hybridized carbons (Fsp3) is 0.350. The zero-order valence-corrected chi connectivity index (χ0v) is 15.2. The molecule has 132 valence electrons. The Morgan fingerprint density at radius 1 is 0.880 bits per heavy atom. The van der Waals surface area contributed by atoms with E-state index in [2.05, 4.69) is 36.4 Å². The van der Waals surface area contributed by atoms with E-state index in [4.69, 9.17) is 0 Å². The number of amides is 2. The summed E-state index contributed by atoms with van der Waals surface area (Å²) in [5, 5.41) is 5.56. The number of aryl methyl sites for hydroxylation is 1. The average Bonchev–Trinajstić information content (AvgIpc) is 2.58. The van der Waals surface area contributed by atoms with Crippen LogP contribution in [0.1, 0.15) is 52.7 Å². The van der Waals surface area contributed by atoms with E-state index < -0.39 is 0 Å². The van der Waals surface area contributed by atoms with Crippen molar-refractivity contribution in [3.05, 3.63) is 65.0 Å². The predicted octanol–water partition coefficient (Wildman–Crippen LogP) is 2.85. The molecule has 0 saturated heterocycles. The molecule has 2 rings (SSSR count). The van der Waals surface area contributed by atoms with Crippen LogP contribution >= 0.6 is 0 Å². The number of pyridine rings is 1. The van der Waals surface area contributed by atoms with Crippen molar-refractivity contribution in [3.63, 3.8) is 0 Å². The Bertz CT molecular complexity index is 729. The molecule has 2 aromatic rings. The van der Waals surface area contributed by atoms with Gasteiger partial charge >= 0.3 is 0 Å². The molecule has 0 aliphatic heterocycles. The van der Waals surface area contributed by atoms with Crippen LogP contribution in [0.15, 0.2) is 42.6 Å². The summed E-state index contributed by atoms with van der Waals surface area (Å²) in [5.74, 6) is -0.344. The average molecular weight is 339 g/mol. The van der Waals surface area contributed by atoms with Gasteiger partial charge in [-0.25, -0.2) is 0 Å². The molecule has 0 aliphatic rings. The number of nitrogens with one attached hydrogen (secondary N) is 2. The topological polar surface area (TPSA) is 71.1 Å². The quantitative estimate of drug-likeness (QED) is 0.823. The molecule has 2 amide bonds. The van der Waals surface area contributed by atoms with Crippen LogP contribution in [-0.4, -0.2) is 29.9 Å². The van der Waals surface area contributed by atoms with E-state index in [9.17, 15) is 9.59 Å². The normalized spacial score (nSPS) is 11.0. The lowest BCUT2D eigenvalue weighted by molar-refractivity contribution is 0.0927. The lowest BCUT2D eigenvalue weighted by atomic mass is 9.87. The number of aromatic nitrogens is 1. The van der Waals surface area contributed by atoms with Crippen molar-refractivity contribution in [2.45, 2.75) is 33.1 Å². The highest BCUT2D eigenvalue weighted by molar-refractivity contribution is 5.95. The van der Waals surface area contributed by atoms with E-state index >= 15 is 0 Å². The lowest BCUT2D eigenvalue weighted by Gasteiger charge is -2.19. The molecule has 0 aliphatic carbocycles. The van der Waals surface area contributed by atoms with Gasteiger partial charge in [0.25, 0.3) is 11.8 Å². The van der Waals surface area contributed by atoms with E-state index in [0.717, 1.165) is 5.69 Å². The number of rotatable bonds is 5. The van der Waals surface area contributed by atoms with Crippen LogP contribution in [0.25, 0.3) is 0 Å². The third-order valence-electron chi connectivity index (χ3n) is 3.88. The minimum Gasteiger partial charge on any atom is -0.350 e. The van der Waals surface area contributed by atoms with E-state index in [1.165, 1.54) is 5.56 Å². The molecule has 0 unspecified atom stereocenters. The Balaban J connectivity index is 1.78. The van der Waals surface area contributed by atoms with Gasteiger partial charge in [0.15, 0.2) is 0 Å². The zero-order valence-electron chi connectivity index (χ0n) is 15.2. The van der Waals surface area contributed by atoms with Gasteiger partial charge in [-0.1, -0.05) is 32.9 Å². The summed E-state index contributed by atoms with van der Waals surface area (Å²) in [6.07, 6.45) is 1.54. The number of hydrogen-bond acceptors (Lipinski definition) is 3. The zero-order chi connectivity index (χ0) is 18.4. The largest absolute Gasteiger partial charge is 0.350 e. The molecule has 25 heavy (non-hydrogen) atoms. The summed E-state index contributed by atoms with van der Waals surface area (Å²) in [4.78, 5) is 28.2. The summed E-state index contributed by atoms with van der Waals surface area (Å²) in [7, 11) is 0. The van der Waals surface area contributed by atoms with Crippen molar-refractivity contribution >= 4 is 11.8 Å². The second-order valence-electron chi connectivity index (χ2n) is 7.03. The highest BCUT2D eigenvalue weighted by Gasteiger charge is 2.14. The standard InChI is InChI=1S/C20H25N3O2/c1-14-5-6-16(13-23-14)19(25)22-12-11-21-18(24)15-7-9-17(10-8-15)20(2,3)4/h5-10,13H,11-12H2,1-4H3,(H,21,24)(H,22,25). The SMILES string of the molecule is Cc1ccc(C(=O)NCCNC(=O)c2ccc(C(C)(C)C)cc2)cn1. The van der Waals surface area contributed by atoms with Crippen molar-refractivity contribution < 1.29 is 9.59 Å². The fourth-order valence-electron chi connectivity index (χ4n) is 2.28. The summed E-state index contributed by atoms with van der Waals surface area (Å²) in [6, 6.07) is 11.1. The molecular weight excluding hydrogens is 314 g/mol. The van der Waals surface area contributed by atoms with E-state index in [0.29, 0.717) is 24.2 Å². The van der Waals surface area contributed by atoms with Crippen LogP contribution in [-0.2, 0) is 5.41 Å². The maximum absolute atomic E-state index is 12.1. The van der Waals surface area contributed by atoms with Gasteiger partial charge in [-0.3, -0.25) is 14.6 Å². The van der Waals surface area contributed by atoms with Gasteiger partial charge in [-0.05, 0) is 42.2 Å². The second-order valence-corrected chi connectivity index (χ2v) is 7.03. The first kappa shape index (κ1) is 18.6. The molecule has 5 nitrogen and oxygen atoms in total. The first-order valence-electron chi connectivity index (χ1n) is 8.37. The Labute approximate surface area is 148 Å². The highest BCUT2D eigenvalue weighted by atomic mass is 16.2. The smallest absolute Gasteiger partial charge is 0.252 e. The van der Waals surface area contributed by atoms with Crippen LogP contribution in [0.4, 0.5) is 0 Å². The Morgan fingerprint density at radius 3 is 1.88 bits per heavy atom. The lowest BCUT2D eigenvalue weighted by Crippen LogP contribution is -2.34. The predicted molar refractivity (Wildman–Crippen MR) is 98.8 cm³/mol. The number of carbonyl (C=O) groups is 2. The number of carbonyl (C=O) groups excluding carboxylic acids is 2. The molecule has 0 atom stereocenters. The van der Waals surface area contributed by atoms with Gasteiger partial charge < -0.3 is 10.6 Å². The molecule has 1 aromatic carbocycles. The molecule has 1 heterocycles. The number of nitrogens with zero attached hydrogens (tertiary/aromatic N) is 1. The molecular formula is C20H25N3O2.